The molecular formula is C13H13NO3S. The van der Waals surface area contributed by atoms with E-state index in [1.165, 1.54) is 23.9 Å². The van der Waals surface area contributed by atoms with Gasteiger partial charge >= 0.3 is 5.97 Å². The third-order valence-corrected chi connectivity index (χ3v) is 3.26. The van der Waals surface area contributed by atoms with Gasteiger partial charge in [-0.15, -0.1) is 18.2 Å². The number of rotatable bonds is 5. The van der Waals surface area contributed by atoms with E-state index >= 15 is 0 Å². The first-order valence-corrected chi connectivity index (χ1v) is 6.13. The lowest BCUT2D eigenvalue weighted by Gasteiger charge is -2.10. The fourth-order valence-corrected chi connectivity index (χ4v) is 2.11. The zero-order chi connectivity index (χ0) is 13.5. The van der Waals surface area contributed by atoms with Gasteiger partial charge in [-0.1, -0.05) is 5.92 Å². The minimum absolute atomic E-state index is 0.139. The van der Waals surface area contributed by atoms with Crippen LogP contribution in [-0.4, -0.2) is 28.8 Å². The molecule has 2 N–H and O–H groups in total. The summed E-state index contributed by atoms with van der Waals surface area (Å²) in [5.74, 6) is 1.23. The Balaban J connectivity index is 2.59. The molecule has 4 nitrogen and oxygen atoms in total. The Labute approximate surface area is 110 Å². The Kier molecular flexibility index (Phi) is 5.28. The smallest absolute Gasteiger partial charge is 0.335 e. The summed E-state index contributed by atoms with van der Waals surface area (Å²) >= 11 is 1.35. The van der Waals surface area contributed by atoms with Crippen molar-refractivity contribution in [1.29, 1.82) is 0 Å². The number of hydrogen-bond donors (Lipinski definition) is 2. The lowest BCUT2D eigenvalue weighted by molar-refractivity contribution is -0.120. The molecule has 1 unspecified atom stereocenters. The van der Waals surface area contributed by atoms with Crippen LogP contribution in [-0.2, 0) is 4.79 Å². The van der Waals surface area contributed by atoms with Gasteiger partial charge in [-0.25, -0.2) is 4.79 Å². The molecule has 1 amide bonds. The Morgan fingerprint density at radius 2 is 2.06 bits per heavy atom. The lowest BCUT2D eigenvalue weighted by Crippen LogP contribution is -2.30. The van der Waals surface area contributed by atoms with Gasteiger partial charge in [0, 0.05) is 4.90 Å². The van der Waals surface area contributed by atoms with Crippen molar-refractivity contribution in [3.05, 3.63) is 29.8 Å². The number of carbonyl (C=O) groups excluding carboxylic acids is 1. The van der Waals surface area contributed by atoms with Crippen molar-refractivity contribution in [2.75, 3.05) is 6.54 Å². The molecule has 1 atom stereocenters. The van der Waals surface area contributed by atoms with E-state index in [-0.39, 0.29) is 23.3 Å². The predicted molar refractivity (Wildman–Crippen MR) is 70.6 cm³/mol. The zero-order valence-electron chi connectivity index (χ0n) is 9.84. The quantitative estimate of drug-likeness (QED) is 0.625. The Hall–Kier alpha value is -1.93. The lowest BCUT2D eigenvalue weighted by atomic mass is 10.2. The van der Waals surface area contributed by atoms with Crippen molar-refractivity contribution >= 4 is 23.6 Å². The predicted octanol–water partition coefficient (Wildman–Crippen LogP) is 1.61. The SMILES string of the molecule is C#CCNC(=O)C(C)Sc1ccc(C(=O)O)cc1. The van der Waals surface area contributed by atoms with Crippen LogP contribution in [0.25, 0.3) is 0 Å². The van der Waals surface area contributed by atoms with Crippen LogP contribution in [0.2, 0.25) is 0 Å². The molecule has 0 saturated heterocycles. The molecular weight excluding hydrogens is 250 g/mol. The van der Waals surface area contributed by atoms with Crippen molar-refractivity contribution in [1.82, 2.24) is 5.32 Å². The highest BCUT2D eigenvalue weighted by molar-refractivity contribution is 8.00. The maximum absolute atomic E-state index is 11.6. The fourth-order valence-electron chi connectivity index (χ4n) is 1.22. The van der Waals surface area contributed by atoms with E-state index in [4.69, 9.17) is 11.5 Å². The normalized spacial score (nSPS) is 11.3. The van der Waals surface area contributed by atoms with Gasteiger partial charge in [0.25, 0.3) is 0 Å². The number of thioether (sulfide) groups is 1. The molecule has 18 heavy (non-hydrogen) atoms. The average Bonchev–Trinajstić information content (AvgIpc) is 2.36. The monoisotopic (exact) mass is 263 g/mol. The molecule has 5 heteroatoms. The topological polar surface area (TPSA) is 66.4 Å². The summed E-state index contributed by atoms with van der Waals surface area (Å²) in [6.45, 7) is 1.98. The summed E-state index contributed by atoms with van der Waals surface area (Å²) in [4.78, 5) is 23.1. The largest absolute Gasteiger partial charge is 0.478 e. The third kappa shape index (κ3) is 4.15. The number of amides is 1. The van der Waals surface area contributed by atoms with Gasteiger partial charge in [0.05, 0.1) is 17.4 Å². The van der Waals surface area contributed by atoms with Gasteiger partial charge in [0.1, 0.15) is 0 Å². The van der Waals surface area contributed by atoms with Crippen molar-refractivity contribution in [3.63, 3.8) is 0 Å². The Morgan fingerprint density at radius 3 is 2.56 bits per heavy atom. The van der Waals surface area contributed by atoms with Gasteiger partial charge in [-0.05, 0) is 31.2 Å². The van der Waals surface area contributed by atoms with Crippen LogP contribution in [0.15, 0.2) is 29.2 Å². The molecule has 94 valence electrons. The third-order valence-electron chi connectivity index (χ3n) is 2.15. The van der Waals surface area contributed by atoms with Gasteiger partial charge in [0.2, 0.25) is 5.91 Å². The highest BCUT2D eigenvalue weighted by Crippen LogP contribution is 2.23. The second-order valence-corrected chi connectivity index (χ2v) is 4.93. The summed E-state index contributed by atoms with van der Waals surface area (Å²) in [6.07, 6.45) is 5.05. The molecule has 0 fully saturated rings. The van der Waals surface area contributed by atoms with E-state index in [0.29, 0.717) is 0 Å². The van der Waals surface area contributed by atoms with Gasteiger partial charge in [-0.3, -0.25) is 4.79 Å². The van der Waals surface area contributed by atoms with Crippen molar-refractivity contribution in [3.8, 4) is 12.3 Å². The van der Waals surface area contributed by atoms with Crippen molar-refractivity contribution < 1.29 is 14.7 Å². The van der Waals surface area contributed by atoms with E-state index in [1.807, 2.05) is 0 Å². The molecule has 0 aliphatic carbocycles. The Morgan fingerprint density at radius 1 is 1.44 bits per heavy atom. The van der Waals surface area contributed by atoms with E-state index in [9.17, 15) is 9.59 Å². The number of nitrogens with one attached hydrogen (secondary N) is 1. The molecule has 0 aliphatic rings. The average molecular weight is 263 g/mol. The molecule has 0 radical (unpaired) electrons. The van der Waals surface area contributed by atoms with Crippen LogP contribution in [0.3, 0.4) is 0 Å². The second kappa shape index (κ2) is 6.72. The molecule has 0 saturated carbocycles. The van der Waals surface area contributed by atoms with Crippen LogP contribution < -0.4 is 5.32 Å². The minimum Gasteiger partial charge on any atom is -0.478 e. The van der Waals surface area contributed by atoms with E-state index in [1.54, 1.807) is 19.1 Å². The number of carboxylic acids is 1. The molecule has 0 aliphatic heterocycles. The molecule has 1 aromatic carbocycles. The number of aromatic carboxylic acids is 1. The number of carbonyl (C=O) groups is 2. The summed E-state index contributed by atoms with van der Waals surface area (Å²) < 4.78 is 0. The Bertz CT molecular complexity index is 476. The summed E-state index contributed by atoms with van der Waals surface area (Å²) in [5.41, 5.74) is 0.226. The van der Waals surface area contributed by atoms with Crippen LogP contribution in [0.1, 0.15) is 17.3 Å². The highest BCUT2D eigenvalue weighted by atomic mass is 32.2. The number of carboxylic acid groups (broad SMARTS) is 1. The minimum atomic E-state index is -0.966. The standard InChI is InChI=1S/C13H13NO3S/c1-3-8-14-12(15)9(2)18-11-6-4-10(5-7-11)13(16)17/h1,4-7,9H,8H2,2H3,(H,14,15)(H,16,17). The summed E-state index contributed by atoms with van der Waals surface area (Å²) in [6, 6.07) is 6.38. The highest BCUT2D eigenvalue weighted by Gasteiger charge is 2.13. The molecule has 1 rings (SSSR count). The van der Waals surface area contributed by atoms with Gasteiger partial charge in [0.15, 0.2) is 0 Å². The van der Waals surface area contributed by atoms with E-state index in [0.717, 1.165) is 4.90 Å². The van der Waals surface area contributed by atoms with Crippen LogP contribution >= 0.6 is 11.8 Å². The molecule has 0 heterocycles. The van der Waals surface area contributed by atoms with E-state index in [2.05, 4.69) is 11.2 Å². The van der Waals surface area contributed by atoms with Crippen LogP contribution in [0.4, 0.5) is 0 Å². The fraction of sp³-hybridized carbons (Fsp3) is 0.231. The van der Waals surface area contributed by atoms with Gasteiger partial charge < -0.3 is 10.4 Å². The molecule has 1 aromatic rings. The number of benzene rings is 1. The first-order valence-electron chi connectivity index (χ1n) is 5.25. The van der Waals surface area contributed by atoms with Gasteiger partial charge in [-0.2, -0.15) is 0 Å². The maximum atomic E-state index is 11.6. The number of terminal acetylenes is 1. The maximum Gasteiger partial charge on any atom is 0.335 e. The van der Waals surface area contributed by atoms with E-state index < -0.39 is 5.97 Å². The summed E-state index contributed by atoms with van der Waals surface area (Å²) in [7, 11) is 0. The van der Waals surface area contributed by atoms with Crippen LogP contribution in [0, 0.1) is 12.3 Å². The first kappa shape index (κ1) is 14.1. The summed E-state index contributed by atoms with van der Waals surface area (Å²) in [5, 5.41) is 11.1. The number of hydrogen-bond acceptors (Lipinski definition) is 3. The zero-order valence-corrected chi connectivity index (χ0v) is 10.7. The van der Waals surface area contributed by atoms with Crippen molar-refractivity contribution in [2.24, 2.45) is 0 Å². The molecule has 0 aromatic heterocycles. The first-order chi connectivity index (χ1) is 8.54. The van der Waals surface area contributed by atoms with Crippen molar-refractivity contribution in [2.45, 2.75) is 17.1 Å². The molecule has 0 spiro atoms. The van der Waals surface area contributed by atoms with Crippen LogP contribution in [0.5, 0.6) is 0 Å². The molecule has 0 bridgehead atoms. The second-order valence-electron chi connectivity index (χ2n) is 3.51.